The van der Waals surface area contributed by atoms with Crippen molar-refractivity contribution in [1.29, 1.82) is 0 Å². The van der Waals surface area contributed by atoms with Gasteiger partial charge in [0.15, 0.2) is 0 Å². The van der Waals surface area contributed by atoms with E-state index in [1.807, 2.05) is 31.2 Å². The Bertz CT molecular complexity index is 1030. The first-order valence-electron chi connectivity index (χ1n) is 11.2. The van der Waals surface area contributed by atoms with Crippen LogP contribution in [0.4, 0.5) is 11.5 Å². The van der Waals surface area contributed by atoms with Gasteiger partial charge in [0, 0.05) is 32.3 Å². The lowest BCUT2D eigenvalue weighted by Gasteiger charge is -2.33. The van der Waals surface area contributed by atoms with Crippen LogP contribution in [0.5, 0.6) is 5.75 Å². The summed E-state index contributed by atoms with van der Waals surface area (Å²) in [6, 6.07) is 10.7. The zero-order chi connectivity index (χ0) is 23.4. The minimum absolute atomic E-state index is 0.0816. The average Bonchev–Trinajstić information content (AvgIpc) is 3.22. The summed E-state index contributed by atoms with van der Waals surface area (Å²) in [5.41, 5.74) is 0.686. The summed E-state index contributed by atoms with van der Waals surface area (Å²) < 4.78 is 5.66. The molecule has 0 radical (unpaired) electrons. The summed E-state index contributed by atoms with van der Waals surface area (Å²) >= 11 is 5.84. The number of amides is 3. The Kier molecular flexibility index (Phi) is 7.13. The summed E-state index contributed by atoms with van der Waals surface area (Å²) in [7, 11) is 0. The van der Waals surface area contributed by atoms with Gasteiger partial charge in [0.05, 0.1) is 29.2 Å². The van der Waals surface area contributed by atoms with Crippen molar-refractivity contribution in [3.05, 3.63) is 47.6 Å². The van der Waals surface area contributed by atoms with Crippen LogP contribution in [0.25, 0.3) is 0 Å². The Morgan fingerprint density at radius 1 is 1.18 bits per heavy atom. The van der Waals surface area contributed by atoms with Crippen molar-refractivity contribution in [2.75, 3.05) is 36.5 Å². The number of nitrogens with one attached hydrogen (secondary N) is 1. The number of anilines is 2. The molecule has 1 aromatic heterocycles. The normalized spacial score (nSPS) is 20.6. The maximum Gasteiger partial charge on any atom is 0.230 e. The van der Waals surface area contributed by atoms with Crippen LogP contribution in [0.15, 0.2) is 42.6 Å². The summed E-state index contributed by atoms with van der Waals surface area (Å²) in [5.74, 6) is -0.0524. The van der Waals surface area contributed by atoms with Crippen molar-refractivity contribution in [1.82, 2.24) is 9.88 Å². The molecule has 174 valence electrons. The van der Waals surface area contributed by atoms with Crippen molar-refractivity contribution in [2.45, 2.75) is 26.2 Å². The number of benzene rings is 1. The second kappa shape index (κ2) is 10.2. The van der Waals surface area contributed by atoms with E-state index in [2.05, 4.69) is 10.3 Å². The third-order valence-corrected chi connectivity index (χ3v) is 6.24. The minimum atomic E-state index is -0.438. The highest BCUT2D eigenvalue weighted by Gasteiger charge is 2.39. The molecule has 0 bridgehead atoms. The lowest BCUT2D eigenvalue weighted by Crippen LogP contribution is -2.46. The minimum Gasteiger partial charge on any atom is -0.492 e. The van der Waals surface area contributed by atoms with Crippen LogP contribution in [0, 0.1) is 11.8 Å². The Balaban J connectivity index is 1.39. The van der Waals surface area contributed by atoms with E-state index in [0.29, 0.717) is 54.9 Å². The van der Waals surface area contributed by atoms with Gasteiger partial charge in [-0.3, -0.25) is 14.4 Å². The van der Waals surface area contributed by atoms with Gasteiger partial charge in [-0.15, -0.1) is 0 Å². The quantitative estimate of drug-likeness (QED) is 0.698. The Morgan fingerprint density at radius 2 is 2.00 bits per heavy atom. The fourth-order valence-electron chi connectivity index (χ4n) is 4.39. The number of rotatable bonds is 6. The molecular weight excluding hydrogens is 444 g/mol. The Morgan fingerprint density at radius 3 is 2.76 bits per heavy atom. The number of para-hydroxylation sites is 2. The second-order valence-corrected chi connectivity index (χ2v) is 8.72. The Labute approximate surface area is 197 Å². The summed E-state index contributed by atoms with van der Waals surface area (Å²) in [5, 5.41) is 3.29. The lowest BCUT2D eigenvalue weighted by molar-refractivity contribution is -0.138. The average molecular weight is 471 g/mol. The van der Waals surface area contributed by atoms with Gasteiger partial charge in [0.1, 0.15) is 11.6 Å². The van der Waals surface area contributed by atoms with Gasteiger partial charge in [0.25, 0.3) is 0 Å². The van der Waals surface area contributed by atoms with E-state index in [9.17, 15) is 14.4 Å². The molecule has 4 rings (SSSR count). The number of carbonyl (C=O) groups excluding carboxylic acids is 3. The van der Waals surface area contributed by atoms with Gasteiger partial charge in [-0.2, -0.15) is 0 Å². The molecule has 9 heteroatoms. The first kappa shape index (κ1) is 23.0. The molecule has 2 unspecified atom stereocenters. The molecule has 2 fully saturated rings. The predicted molar refractivity (Wildman–Crippen MR) is 125 cm³/mol. The summed E-state index contributed by atoms with van der Waals surface area (Å²) in [4.78, 5) is 46.2. The number of likely N-dealkylation sites (tertiary alicyclic amines) is 1. The van der Waals surface area contributed by atoms with Gasteiger partial charge in [-0.1, -0.05) is 23.7 Å². The fourth-order valence-corrected chi connectivity index (χ4v) is 4.50. The van der Waals surface area contributed by atoms with E-state index in [0.717, 1.165) is 6.42 Å². The third kappa shape index (κ3) is 5.27. The van der Waals surface area contributed by atoms with Gasteiger partial charge >= 0.3 is 0 Å². The molecule has 8 nitrogen and oxygen atoms in total. The molecule has 33 heavy (non-hydrogen) atoms. The van der Waals surface area contributed by atoms with E-state index >= 15 is 0 Å². The fraction of sp³-hybridized carbons (Fsp3) is 0.417. The van der Waals surface area contributed by atoms with Crippen LogP contribution in [0.3, 0.4) is 0 Å². The molecule has 0 spiro atoms. The number of halogens is 1. The van der Waals surface area contributed by atoms with Crippen LogP contribution in [0.1, 0.15) is 26.2 Å². The monoisotopic (exact) mass is 470 g/mol. The maximum absolute atomic E-state index is 13.3. The molecule has 0 aliphatic carbocycles. The molecule has 1 N–H and O–H groups in total. The first-order chi connectivity index (χ1) is 16.0. The van der Waals surface area contributed by atoms with Crippen molar-refractivity contribution in [3.8, 4) is 5.75 Å². The molecule has 3 amide bonds. The topological polar surface area (TPSA) is 91.8 Å². The first-order valence-corrected chi connectivity index (χ1v) is 11.6. The number of piperidine rings is 1. The highest BCUT2D eigenvalue weighted by Crippen LogP contribution is 2.34. The van der Waals surface area contributed by atoms with Crippen molar-refractivity contribution < 1.29 is 19.1 Å². The van der Waals surface area contributed by atoms with E-state index in [1.165, 1.54) is 6.20 Å². The highest BCUT2D eigenvalue weighted by molar-refractivity contribution is 6.30. The summed E-state index contributed by atoms with van der Waals surface area (Å²) in [6.07, 6.45) is 3.05. The van der Waals surface area contributed by atoms with Crippen LogP contribution in [0.2, 0.25) is 5.02 Å². The number of carbonyl (C=O) groups is 3. The van der Waals surface area contributed by atoms with Gasteiger partial charge in [-0.05, 0) is 44.0 Å². The molecule has 2 atom stereocenters. The largest absolute Gasteiger partial charge is 0.492 e. The molecule has 2 aliphatic heterocycles. The van der Waals surface area contributed by atoms with E-state index in [1.54, 1.807) is 21.9 Å². The van der Waals surface area contributed by atoms with Crippen molar-refractivity contribution >= 4 is 40.8 Å². The van der Waals surface area contributed by atoms with Crippen LogP contribution in [-0.4, -0.2) is 53.8 Å². The van der Waals surface area contributed by atoms with Crippen LogP contribution >= 0.6 is 11.6 Å². The highest BCUT2D eigenvalue weighted by atomic mass is 35.5. The zero-order valence-electron chi connectivity index (χ0n) is 18.5. The standard InChI is InChI=1S/C24H27ClN4O4/c1-2-33-20-8-4-3-7-19(20)29-15-17(12-22(29)30)24(32)28-11-5-6-16(14-28)23(31)27-21-10-9-18(25)13-26-21/h3-4,7-10,13,16-17H,2,5-6,11-12,14-15H2,1H3,(H,26,27,31). The van der Waals surface area contributed by atoms with E-state index < -0.39 is 5.92 Å². The molecule has 0 saturated carbocycles. The molecule has 2 aliphatic rings. The Hall–Kier alpha value is -3.13. The van der Waals surface area contributed by atoms with Crippen molar-refractivity contribution in [2.24, 2.45) is 11.8 Å². The van der Waals surface area contributed by atoms with Gasteiger partial charge in [-0.25, -0.2) is 4.98 Å². The summed E-state index contributed by atoms with van der Waals surface area (Å²) in [6.45, 7) is 3.61. The van der Waals surface area contributed by atoms with Gasteiger partial charge < -0.3 is 19.9 Å². The SMILES string of the molecule is CCOc1ccccc1N1CC(C(=O)N2CCCC(C(=O)Nc3ccc(Cl)cn3)C2)CC1=O. The van der Waals surface area contributed by atoms with E-state index in [4.69, 9.17) is 16.3 Å². The smallest absolute Gasteiger partial charge is 0.230 e. The van der Waals surface area contributed by atoms with Crippen LogP contribution < -0.4 is 15.0 Å². The zero-order valence-corrected chi connectivity index (χ0v) is 19.3. The number of ether oxygens (including phenoxy) is 1. The van der Waals surface area contributed by atoms with Gasteiger partial charge in [0.2, 0.25) is 17.7 Å². The third-order valence-electron chi connectivity index (χ3n) is 6.01. The maximum atomic E-state index is 13.3. The molecule has 1 aromatic carbocycles. The second-order valence-electron chi connectivity index (χ2n) is 8.28. The number of pyridine rings is 1. The number of nitrogens with zero attached hydrogens (tertiary/aromatic N) is 3. The lowest BCUT2D eigenvalue weighted by atomic mass is 9.95. The number of aromatic nitrogens is 1. The molecular formula is C24H27ClN4O4. The molecule has 2 saturated heterocycles. The van der Waals surface area contributed by atoms with E-state index in [-0.39, 0.29) is 30.1 Å². The van der Waals surface area contributed by atoms with Crippen molar-refractivity contribution in [3.63, 3.8) is 0 Å². The van der Waals surface area contributed by atoms with Crippen LogP contribution in [-0.2, 0) is 14.4 Å². The predicted octanol–water partition coefficient (Wildman–Crippen LogP) is 3.36. The number of hydrogen-bond donors (Lipinski definition) is 1. The molecule has 3 heterocycles. The number of hydrogen-bond acceptors (Lipinski definition) is 5. The molecule has 2 aromatic rings.